The van der Waals surface area contributed by atoms with E-state index in [-0.39, 0.29) is 6.03 Å². The number of hydrogen-bond donors (Lipinski definition) is 0. The summed E-state index contributed by atoms with van der Waals surface area (Å²) >= 11 is 0. The lowest BCUT2D eigenvalue weighted by molar-refractivity contribution is 0.0372. The summed E-state index contributed by atoms with van der Waals surface area (Å²) in [4.78, 5) is 16.1. The van der Waals surface area contributed by atoms with E-state index in [4.69, 9.17) is 9.47 Å². The Kier molecular flexibility index (Phi) is 4.62. The van der Waals surface area contributed by atoms with Crippen LogP contribution in [-0.2, 0) is 9.47 Å². The predicted octanol–water partition coefficient (Wildman–Crippen LogP) is 0.797. The van der Waals surface area contributed by atoms with Gasteiger partial charge in [0.05, 0.1) is 13.2 Å². The third-order valence-corrected chi connectivity index (χ3v) is 3.57. The van der Waals surface area contributed by atoms with E-state index in [9.17, 15) is 4.79 Å². The predicted molar refractivity (Wildman–Crippen MR) is 64.0 cm³/mol. The van der Waals surface area contributed by atoms with Crippen LogP contribution in [0.15, 0.2) is 0 Å². The van der Waals surface area contributed by atoms with Crippen molar-refractivity contribution in [1.29, 1.82) is 0 Å². The van der Waals surface area contributed by atoms with Crippen LogP contribution in [0.25, 0.3) is 0 Å². The van der Waals surface area contributed by atoms with E-state index in [2.05, 4.69) is 0 Å². The summed E-state index contributed by atoms with van der Waals surface area (Å²) in [6, 6.07) is 0.184. The van der Waals surface area contributed by atoms with E-state index in [1.807, 2.05) is 9.80 Å². The number of ether oxygens (including phenoxy) is 2. The number of rotatable bonds is 2. The Balaban J connectivity index is 1.77. The summed E-state index contributed by atoms with van der Waals surface area (Å²) in [5.74, 6) is 0.619. The van der Waals surface area contributed by atoms with Crippen molar-refractivity contribution in [2.45, 2.75) is 12.8 Å². The van der Waals surface area contributed by atoms with Gasteiger partial charge in [0.15, 0.2) is 0 Å². The van der Waals surface area contributed by atoms with E-state index < -0.39 is 0 Å². The molecule has 2 aliphatic rings. The molecule has 0 atom stereocenters. The fraction of sp³-hybridized carbons (Fsp3) is 0.917. The van der Waals surface area contributed by atoms with E-state index in [1.54, 1.807) is 7.11 Å². The zero-order valence-electron chi connectivity index (χ0n) is 10.6. The molecule has 0 aromatic heterocycles. The van der Waals surface area contributed by atoms with Gasteiger partial charge in [-0.25, -0.2) is 4.79 Å². The van der Waals surface area contributed by atoms with Gasteiger partial charge in [0.2, 0.25) is 0 Å². The molecule has 0 bridgehead atoms. The minimum Gasteiger partial charge on any atom is -0.384 e. The number of piperidine rings is 1. The Labute approximate surface area is 103 Å². The first-order valence-electron chi connectivity index (χ1n) is 6.42. The summed E-state index contributed by atoms with van der Waals surface area (Å²) < 4.78 is 10.4. The Morgan fingerprint density at radius 3 is 2.35 bits per heavy atom. The Bertz CT molecular complexity index is 246. The molecule has 2 saturated heterocycles. The molecule has 2 aliphatic heterocycles. The zero-order valence-corrected chi connectivity index (χ0v) is 10.6. The van der Waals surface area contributed by atoms with Crippen LogP contribution in [-0.4, -0.2) is 68.9 Å². The van der Waals surface area contributed by atoms with Crippen LogP contribution in [0.2, 0.25) is 0 Å². The summed E-state index contributed by atoms with van der Waals surface area (Å²) in [6.45, 7) is 5.36. The molecule has 0 spiro atoms. The van der Waals surface area contributed by atoms with Gasteiger partial charge in [-0.05, 0) is 18.8 Å². The molecule has 0 aliphatic carbocycles. The molecular formula is C12H22N2O3. The SMILES string of the molecule is COCC1CCN(C(=O)N2CCOCC2)CC1. The molecule has 0 aromatic rings. The summed E-state index contributed by atoms with van der Waals surface area (Å²) in [7, 11) is 1.74. The monoisotopic (exact) mass is 242 g/mol. The maximum Gasteiger partial charge on any atom is 0.320 e. The van der Waals surface area contributed by atoms with Crippen molar-refractivity contribution in [2.75, 3.05) is 53.1 Å². The molecule has 0 aromatic carbocycles. The number of hydrogen-bond acceptors (Lipinski definition) is 3. The Hall–Kier alpha value is -0.810. The minimum atomic E-state index is 0.184. The van der Waals surface area contributed by atoms with E-state index in [0.29, 0.717) is 19.1 Å². The van der Waals surface area contributed by atoms with Gasteiger partial charge in [-0.15, -0.1) is 0 Å². The number of carbonyl (C=O) groups excluding carboxylic acids is 1. The van der Waals surface area contributed by atoms with Crippen LogP contribution in [0.4, 0.5) is 4.79 Å². The molecule has 5 nitrogen and oxygen atoms in total. The first-order valence-corrected chi connectivity index (χ1v) is 6.42. The molecule has 17 heavy (non-hydrogen) atoms. The van der Waals surface area contributed by atoms with Crippen LogP contribution in [0, 0.1) is 5.92 Å². The van der Waals surface area contributed by atoms with Crippen LogP contribution >= 0.6 is 0 Å². The zero-order chi connectivity index (χ0) is 12.1. The Morgan fingerprint density at radius 2 is 1.76 bits per heavy atom. The maximum atomic E-state index is 12.2. The van der Waals surface area contributed by atoms with Crippen molar-refractivity contribution in [2.24, 2.45) is 5.92 Å². The van der Waals surface area contributed by atoms with Crippen molar-refractivity contribution in [3.8, 4) is 0 Å². The molecule has 0 radical (unpaired) electrons. The maximum absolute atomic E-state index is 12.2. The fourth-order valence-electron chi connectivity index (χ4n) is 2.48. The quantitative estimate of drug-likeness (QED) is 0.719. The number of carbonyl (C=O) groups is 1. The number of amides is 2. The van der Waals surface area contributed by atoms with Crippen LogP contribution < -0.4 is 0 Å². The lowest BCUT2D eigenvalue weighted by Gasteiger charge is -2.36. The van der Waals surface area contributed by atoms with E-state index >= 15 is 0 Å². The molecule has 2 rings (SSSR count). The molecule has 0 saturated carbocycles. The van der Waals surface area contributed by atoms with E-state index in [1.165, 1.54) is 0 Å². The van der Waals surface area contributed by atoms with Crippen LogP contribution in [0.3, 0.4) is 0 Å². The average Bonchev–Trinajstić information content (AvgIpc) is 2.40. The highest BCUT2D eigenvalue weighted by molar-refractivity contribution is 5.74. The fourth-order valence-corrected chi connectivity index (χ4v) is 2.48. The van der Waals surface area contributed by atoms with Gasteiger partial charge in [-0.3, -0.25) is 0 Å². The van der Waals surface area contributed by atoms with Crippen molar-refractivity contribution in [3.05, 3.63) is 0 Å². The topological polar surface area (TPSA) is 42.0 Å². The molecule has 5 heteroatoms. The second-order valence-corrected chi connectivity index (χ2v) is 4.77. The summed E-state index contributed by atoms with van der Waals surface area (Å²) in [5, 5.41) is 0. The summed E-state index contributed by atoms with van der Waals surface area (Å²) in [6.07, 6.45) is 2.12. The highest BCUT2D eigenvalue weighted by atomic mass is 16.5. The number of nitrogens with zero attached hydrogens (tertiary/aromatic N) is 2. The number of urea groups is 1. The largest absolute Gasteiger partial charge is 0.384 e. The molecular weight excluding hydrogens is 220 g/mol. The van der Waals surface area contributed by atoms with E-state index in [0.717, 1.165) is 45.6 Å². The number of methoxy groups -OCH3 is 1. The third kappa shape index (κ3) is 3.33. The van der Waals surface area contributed by atoms with Gasteiger partial charge in [0.1, 0.15) is 0 Å². The molecule has 98 valence electrons. The standard InChI is InChI=1S/C12H22N2O3/c1-16-10-11-2-4-13(5-3-11)12(15)14-6-8-17-9-7-14/h11H,2-10H2,1H3. The molecule has 0 N–H and O–H groups in total. The molecule has 0 unspecified atom stereocenters. The lowest BCUT2D eigenvalue weighted by atomic mass is 9.98. The average molecular weight is 242 g/mol. The smallest absolute Gasteiger partial charge is 0.320 e. The lowest BCUT2D eigenvalue weighted by Crippen LogP contribution is -2.50. The van der Waals surface area contributed by atoms with Gasteiger partial charge >= 0.3 is 6.03 Å². The second-order valence-electron chi connectivity index (χ2n) is 4.77. The van der Waals surface area contributed by atoms with Crippen molar-refractivity contribution in [1.82, 2.24) is 9.80 Å². The van der Waals surface area contributed by atoms with Gasteiger partial charge in [0, 0.05) is 39.9 Å². The molecule has 2 fully saturated rings. The molecule has 2 amide bonds. The number of likely N-dealkylation sites (tertiary alicyclic amines) is 1. The first-order chi connectivity index (χ1) is 8.31. The second kappa shape index (κ2) is 6.21. The van der Waals surface area contributed by atoms with Gasteiger partial charge in [-0.2, -0.15) is 0 Å². The van der Waals surface area contributed by atoms with Gasteiger partial charge in [0.25, 0.3) is 0 Å². The van der Waals surface area contributed by atoms with Gasteiger partial charge in [-0.1, -0.05) is 0 Å². The summed E-state index contributed by atoms with van der Waals surface area (Å²) in [5.41, 5.74) is 0. The molecule has 2 heterocycles. The third-order valence-electron chi connectivity index (χ3n) is 3.57. The van der Waals surface area contributed by atoms with Crippen molar-refractivity contribution in [3.63, 3.8) is 0 Å². The number of morpholine rings is 1. The van der Waals surface area contributed by atoms with Crippen LogP contribution in [0.5, 0.6) is 0 Å². The van der Waals surface area contributed by atoms with Crippen molar-refractivity contribution >= 4 is 6.03 Å². The van der Waals surface area contributed by atoms with Gasteiger partial charge < -0.3 is 19.3 Å². The highest BCUT2D eigenvalue weighted by Crippen LogP contribution is 2.18. The first kappa shape index (κ1) is 12.6. The van der Waals surface area contributed by atoms with Crippen molar-refractivity contribution < 1.29 is 14.3 Å². The Morgan fingerprint density at radius 1 is 1.18 bits per heavy atom. The minimum absolute atomic E-state index is 0.184. The van der Waals surface area contributed by atoms with Crippen LogP contribution in [0.1, 0.15) is 12.8 Å². The normalized spacial score (nSPS) is 22.9. The highest BCUT2D eigenvalue weighted by Gasteiger charge is 2.26.